The zero-order valence-electron chi connectivity index (χ0n) is 13.9. The molecule has 0 aliphatic heterocycles. The van der Waals surface area contributed by atoms with Gasteiger partial charge in [0.15, 0.2) is 0 Å². The van der Waals surface area contributed by atoms with Crippen molar-refractivity contribution in [3.8, 4) is 0 Å². The van der Waals surface area contributed by atoms with E-state index in [1.165, 1.54) is 0 Å². The Bertz CT molecular complexity index is 297. The highest BCUT2D eigenvalue weighted by Gasteiger charge is 2.26. The summed E-state index contributed by atoms with van der Waals surface area (Å²) in [5.41, 5.74) is 1.55. The average Bonchev–Trinajstić information content (AvgIpc) is 1.94. The van der Waals surface area contributed by atoms with Gasteiger partial charge in [-0.3, -0.25) is 4.79 Å². The molecule has 0 spiro atoms. The summed E-state index contributed by atoms with van der Waals surface area (Å²) >= 11 is 0. The number of hydrogen-bond donors (Lipinski definition) is 2. The first-order valence-corrected chi connectivity index (χ1v) is 2.09. The topological polar surface area (TPSA) is 63.3 Å². The van der Waals surface area contributed by atoms with E-state index in [0.717, 1.165) is 0 Å². The number of aliphatic carboxylic acids is 1. The van der Waals surface area contributed by atoms with Crippen LogP contribution in [0.2, 0.25) is 0 Å². The van der Waals surface area contributed by atoms with Gasteiger partial charge in [-0.1, -0.05) is 20.6 Å². The van der Waals surface area contributed by atoms with Crippen LogP contribution in [0.1, 0.15) is 32.9 Å². The summed E-state index contributed by atoms with van der Waals surface area (Å²) in [6, 6.07) is -2.58. The van der Waals surface area contributed by atoms with Crippen molar-refractivity contribution < 1.29 is 22.2 Å². The van der Waals surface area contributed by atoms with E-state index < -0.39 is 38.0 Å². The van der Waals surface area contributed by atoms with Crippen LogP contribution in [0, 0.1) is 5.41 Å². The predicted octanol–water partition coefficient (Wildman–Crippen LogP) is 0.866. The molecule has 0 radical (unpaired) electrons. The molecular formula is C6H14ClNO2. The Kier molecular flexibility index (Phi) is 1.00. The van der Waals surface area contributed by atoms with Crippen LogP contribution in [0.3, 0.4) is 0 Å². The molecule has 3 N–H and O–H groups in total. The van der Waals surface area contributed by atoms with Gasteiger partial charge in [0.25, 0.3) is 0 Å². The van der Waals surface area contributed by atoms with Crippen LogP contribution in [0.25, 0.3) is 0 Å². The highest BCUT2D eigenvalue weighted by atomic mass is 35.5. The van der Waals surface area contributed by atoms with E-state index in [4.69, 9.17) is 23.2 Å². The van der Waals surface area contributed by atoms with Crippen molar-refractivity contribution in [1.82, 2.24) is 0 Å². The molecule has 3 nitrogen and oxygen atoms in total. The number of carboxylic acids is 1. The Hall–Kier alpha value is -0.280. The van der Waals surface area contributed by atoms with Crippen molar-refractivity contribution in [1.29, 1.82) is 0 Å². The van der Waals surface area contributed by atoms with Gasteiger partial charge in [0.1, 0.15) is 6.04 Å². The Morgan fingerprint density at radius 2 is 2.10 bits per heavy atom. The van der Waals surface area contributed by atoms with Crippen molar-refractivity contribution in [2.75, 3.05) is 0 Å². The van der Waals surface area contributed by atoms with E-state index in [9.17, 15) is 4.79 Å². The Morgan fingerprint density at radius 3 is 2.20 bits per heavy atom. The molecule has 0 aliphatic rings. The van der Waals surface area contributed by atoms with Crippen molar-refractivity contribution in [3.63, 3.8) is 0 Å². The molecule has 0 bridgehead atoms. The van der Waals surface area contributed by atoms with Crippen LogP contribution in [-0.4, -0.2) is 17.1 Å². The first kappa shape index (κ1) is 2.64. The molecule has 0 unspecified atom stereocenters. The van der Waals surface area contributed by atoms with E-state index in [-0.39, 0.29) is 12.4 Å². The lowest BCUT2D eigenvalue weighted by molar-refractivity contribution is -0.141. The number of carboxylic acid groups (broad SMARTS) is 1. The molecule has 0 rings (SSSR count). The summed E-state index contributed by atoms with van der Waals surface area (Å²) in [4.78, 5) is 10.8. The lowest BCUT2D eigenvalue weighted by Gasteiger charge is -2.22. The third-order valence-electron chi connectivity index (χ3n) is 0.733. The number of nitrogens with two attached hydrogens (primary N) is 1. The van der Waals surface area contributed by atoms with Crippen molar-refractivity contribution >= 4 is 18.4 Å². The number of rotatable bonds is 1. The molecule has 0 saturated carbocycles. The zero-order chi connectivity index (χ0) is 15.2. The minimum Gasteiger partial charge on any atom is -0.480 e. The Balaban J connectivity index is 0. The molecular weight excluding hydrogens is 154 g/mol. The van der Waals surface area contributed by atoms with Crippen LogP contribution in [0.5, 0.6) is 0 Å². The maximum absolute atomic E-state index is 10.8. The van der Waals surface area contributed by atoms with Gasteiger partial charge in [-0.2, -0.15) is 0 Å². The predicted molar refractivity (Wildman–Crippen MR) is 42.3 cm³/mol. The van der Waals surface area contributed by atoms with Gasteiger partial charge in [0.2, 0.25) is 0 Å². The summed E-state index contributed by atoms with van der Waals surface area (Å²) < 4.78 is 64.3. The fourth-order valence-electron chi connectivity index (χ4n) is 0.185. The van der Waals surface area contributed by atoms with Gasteiger partial charge >= 0.3 is 5.97 Å². The summed E-state index contributed by atoms with van der Waals surface area (Å²) in [6.45, 7) is -10.8. The summed E-state index contributed by atoms with van der Waals surface area (Å²) in [5.74, 6) is -2.00. The highest BCUT2D eigenvalue weighted by Crippen LogP contribution is 2.16. The summed E-state index contributed by atoms with van der Waals surface area (Å²) in [7, 11) is 0. The van der Waals surface area contributed by atoms with Gasteiger partial charge in [-0.25, -0.2) is 0 Å². The lowest BCUT2D eigenvalue weighted by Crippen LogP contribution is -2.41. The zero-order valence-corrected chi connectivity index (χ0v) is 5.73. The number of halogens is 1. The molecule has 0 amide bonds. The quantitative estimate of drug-likeness (QED) is 0.623. The minimum atomic E-state index is -3.60. The third-order valence-corrected chi connectivity index (χ3v) is 0.733. The molecule has 0 fully saturated rings. The average molecular weight is 177 g/mol. The van der Waals surface area contributed by atoms with Crippen molar-refractivity contribution in [2.24, 2.45) is 11.1 Å². The molecule has 0 aromatic heterocycles. The van der Waals surface area contributed by atoms with E-state index in [2.05, 4.69) is 0 Å². The van der Waals surface area contributed by atoms with E-state index >= 15 is 0 Å². The van der Waals surface area contributed by atoms with Crippen LogP contribution >= 0.6 is 12.4 Å². The highest BCUT2D eigenvalue weighted by molar-refractivity contribution is 5.85. The maximum Gasteiger partial charge on any atom is 0.321 e. The van der Waals surface area contributed by atoms with E-state index in [1.807, 2.05) is 0 Å². The number of carbonyl (C=O) groups is 1. The van der Waals surface area contributed by atoms with Crippen LogP contribution < -0.4 is 5.73 Å². The monoisotopic (exact) mass is 176 g/mol. The molecule has 0 aromatic rings. The van der Waals surface area contributed by atoms with Crippen molar-refractivity contribution in [2.45, 2.75) is 26.6 Å². The Labute approximate surface area is 79.7 Å². The molecule has 0 aliphatic carbocycles. The summed E-state index contributed by atoms with van der Waals surface area (Å²) in [5, 5.41) is 8.73. The molecule has 62 valence electrons. The van der Waals surface area contributed by atoms with Crippen molar-refractivity contribution in [3.05, 3.63) is 0 Å². The first-order chi connectivity index (χ1) is 7.60. The second-order valence-corrected chi connectivity index (χ2v) is 1.62. The molecule has 0 aromatic carbocycles. The Morgan fingerprint density at radius 1 is 1.70 bits per heavy atom. The first-order valence-electron chi connectivity index (χ1n) is 6.59. The lowest BCUT2D eigenvalue weighted by atomic mass is 9.88. The standard InChI is InChI=1S/C6H13NO2.ClH/c1-6(2,3)4(7)5(8)9;/h4H,7H2,1-3H3,(H,8,9);1H/t4-;/m1./s1/i1D3,2D3,3D3;. The summed E-state index contributed by atoms with van der Waals surface area (Å²) in [6.07, 6.45) is 0. The minimum absolute atomic E-state index is 0. The second-order valence-electron chi connectivity index (χ2n) is 1.62. The normalized spacial score (nSPS) is 30.7. The van der Waals surface area contributed by atoms with Gasteiger partial charge in [-0.05, 0) is 5.41 Å². The van der Waals surface area contributed by atoms with Crippen LogP contribution in [-0.2, 0) is 4.79 Å². The molecule has 1 atom stereocenters. The van der Waals surface area contributed by atoms with Gasteiger partial charge in [0, 0.05) is 12.3 Å². The molecule has 0 heterocycles. The van der Waals surface area contributed by atoms with E-state index in [0.29, 0.717) is 0 Å². The fourth-order valence-corrected chi connectivity index (χ4v) is 0.185. The molecule has 4 heteroatoms. The SMILES string of the molecule is Cl.[2H]C([2H])([2H])C([C@H](N)C(=O)O)(C([2H])([2H])[2H])C([2H])([2H])[2H]. The van der Waals surface area contributed by atoms with Gasteiger partial charge < -0.3 is 10.8 Å². The smallest absolute Gasteiger partial charge is 0.321 e. The third kappa shape index (κ3) is 3.69. The van der Waals surface area contributed by atoms with Gasteiger partial charge in [-0.15, -0.1) is 12.4 Å². The van der Waals surface area contributed by atoms with Crippen LogP contribution in [0.4, 0.5) is 0 Å². The van der Waals surface area contributed by atoms with E-state index in [1.54, 1.807) is 0 Å². The van der Waals surface area contributed by atoms with Gasteiger partial charge in [0.05, 0.1) is 0 Å². The largest absolute Gasteiger partial charge is 0.480 e. The molecule has 10 heavy (non-hydrogen) atoms. The second kappa shape index (κ2) is 3.78. The molecule has 0 saturated heterocycles. The maximum atomic E-state index is 10.8. The van der Waals surface area contributed by atoms with Crippen LogP contribution in [0.15, 0.2) is 0 Å². The fraction of sp³-hybridized carbons (Fsp3) is 0.833. The number of hydrogen-bond acceptors (Lipinski definition) is 2.